The van der Waals surface area contributed by atoms with E-state index in [1.165, 1.54) is 23.3 Å². The average Bonchev–Trinajstić information content (AvgIpc) is 3.60. The van der Waals surface area contributed by atoms with Gasteiger partial charge < -0.3 is 35.1 Å². The van der Waals surface area contributed by atoms with Gasteiger partial charge in [-0.25, -0.2) is 4.98 Å². The third-order valence-electron chi connectivity index (χ3n) is 6.72. The highest BCUT2D eigenvalue weighted by molar-refractivity contribution is 7.19. The number of rotatable bonds is 10. The standard InChI is InChI=1S/C29H32N6O5S/c1-16-10-11-18(31-23(36)12-17-8-6-5-7-9-17)13-20(16)27-34-28(40-35-27)25-26(30)33-29(41-25)32-19-14-21(37-2)24(39-4)22(15-19)38-3/h8,10-11,13-15H,5-7,9,12,30H2,1-4H3,(H,31,36)(H,32,33). The molecule has 0 unspecified atom stereocenters. The molecule has 11 nitrogen and oxygen atoms in total. The monoisotopic (exact) mass is 576 g/mol. The number of benzene rings is 2. The Hall–Kier alpha value is -4.58. The van der Waals surface area contributed by atoms with Crippen molar-refractivity contribution in [2.45, 2.75) is 39.0 Å². The molecule has 5 rings (SSSR count). The van der Waals surface area contributed by atoms with E-state index in [0.29, 0.717) is 50.9 Å². The number of thiazole rings is 1. The molecule has 0 bridgehead atoms. The van der Waals surface area contributed by atoms with Crippen molar-refractivity contribution in [2.75, 3.05) is 37.7 Å². The van der Waals surface area contributed by atoms with Crippen molar-refractivity contribution in [1.82, 2.24) is 15.1 Å². The van der Waals surface area contributed by atoms with Crippen molar-refractivity contribution in [2.24, 2.45) is 0 Å². The largest absolute Gasteiger partial charge is 0.493 e. The van der Waals surface area contributed by atoms with E-state index in [2.05, 4.69) is 31.8 Å². The van der Waals surface area contributed by atoms with Gasteiger partial charge in [0, 0.05) is 35.5 Å². The number of nitrogen functional groups attached to an aromatic ring is 1. The van der Waals surface area contributed by atoms with E-state index in [-0.39, 0.29) is 17.6 Å². The Bertz CT molecular complexity index is 1570. The van der Waals surface area contributed by atoms with Crippen LogP contribution in [-0.2, 0) is 4.79 Å². The van der Waals surface area contributed by atoms with E-state index >= 15 is 0 Å². The Labute approximate surface area is 241 Å². The zero-order valence-electron chi connectivity index (χ0n) is 23.4. The lowest BCUT2D eigenvalue weighted by atomic mass is 9.97. The van der Waals surface area contributed by atoms with Gasteiger partial charge in [-0.3, -0.25) is 4.79 Å². The minimum absolute atomic E-state index is 0.0358. The van der Waals surface area contributed by atoms with E-state index in [1.54, 1.807) is 33.5 Å². The molecule has 0 saturated carbocycles. The quantitative estimate of drug-likeness (QED) is 0.182. The molecular weight excluding hydrogens is 544 g/mol. The number of ether oxygens (including phenoxy) is 3. The molecular formula is C29H32N6O5S. The van der Waals surface area contributed by atoms with Crippen molar-refractivity contribution >= 4 is 39.6 Å². The normalized spacial score (nSPS) is 12.9. The fraction of sp³-hybridized carbons (Fsp3) is 0.310. The molecule has 0 fully saturated rings. The molecule has 4 N–H and O–H groups in total. The molecule has 2 aromatic carbocycles. The molecule has 0 spiro atoms. The van der Waals surface area contributed by atoms with Crippen molar-refractivity contribution < 1.29 is 23.5 Å². The summed E-state index contributed by atoms with van der Waals surface area (Å²) in [6, 6.07) is 9.18. The Kier molecular flexibility index (Phi) is 8.39. The smallest absolute Gasteiger partial charge is 0.272 e. The van der Waals surface area contributed by atoms with Gasteiger partial charge in [0.1, 0.15) is 10.7 Å². The molecule has 1 aliphatic rings. The van der Waals surface area contributed by atoms with Gasteiger partial charge in [0.2, 0.25) is 17.5 Å². The predicted molar refractivity (Wildman–Crippen MR) is 159 cm³/mol. The van der Waals surface area contributed by atoms with E-state index < -0.39 is 0 Å². The molecule has 1 amide bonds. The summed E-state index contributed by atoms with van der Waals surface area (Å²) in [5, 5.41) is 10.9. The lowest BCUT2D eigenvalue weighted by molar-refractivity contribution is -0.115. The number of aromatic nitrogens is 3. The number of carbonyl (C=O) groups excluding carboxylic acids is 1. The number of allylic oxidation sites excluding steroid dienone is 1. The summed E-state index contributed by atoms with van der Waals surface area (Å²) in [4.78, 5) is 22.2. The maximum atomic E-state index is 12.6. The van der Waals surface area contributed by atoms with Crippen LogP contribution in [-0.4, -0.2) is 42.4 Å². The lowest BCUT2D eigenvalue weighted by Crippen LogP contribution is -2.13. The zero-order chi connectivity index (χ0) is 28.9. The number of nitrogens with one attached hydrogen (secondary N) is 2. The maximum absolute atomic E-state index is 12.6. The lowest BCUT2D eigenvalue weighted by Gasteiger charge is -2.14. The van der Waals surface area contributed by atoms with E-state index in [1.807, 2.05) is 25.1 Å². The molecule has 1 aliphatic carbocycles. The predicted octanol–water partition coefficient (Wildman–Crippen LogP) is 6.35. The van der Waals surface area contributed by atoms with Gasteiger partial charge in [-0.05, 0) is 50.3 Å². The Balaban J connectivity index is 1.34. The second kappa shape index (κ2) is 12.3. The van der Waals surface area contributed by atoms with Gasteiger partial charge in [-0.1, -0.05) is 34.2 Å². The van der Waals surface area contributed by atoms with E-state index in [9.17, 15) is 4.79 Å². The van der Waals surface area contributed by atoms with E-state index in [4.69, 9.17) is 24.5 Å². The number of aryl methyl sites for hydroxylation is 1. The Morgan fingerprint density at radius 1 is 1.05 bits per heavy atom. The van der Waals surface area contributed by atoms with Gasteiger partial charge in [0.15, 0.2) is 16.6 Å². The highest BCUT2D eigenvalue weighted by Crippen LogP contribution is 2.42. The minimum Gasteiger partial charge on any atom is -0.493 e. The van der Waals surface area contributed by atoms with Crippen molar-refractivity contribution in [3.8, 4) is 39.4 Å². The molecule has 0 atom stereocenters. The first kappa shape index (κ1) is 28.0. The van der Waals surface area contributed by atoms with Gasteiger partial charge in [0.05, 0.1) is 21.3 Å². The fourth-order valence-corrected chi connectivity index (χ4v) is 5.48. The summed E-state index contributed by atoms with van der Waals surface area (Å²) in [6.07, 6.45) is 6.95. The second-order valence-corrected chi connectivity index (χ2v) is 10.6. The number of nitrogens with zero attached hydrogens (tertiary/aromatic N) is 3. The third-order valence-corrected chi connectivity index (χ3v) is 7.70. The van der Waals surface area contributed by atoms with E-state index in [0.717, 1.165) is 30.4 Å². The van der Waals surface area contributed by atoms with Crippen molar-refractivity contribution in [3.63, 3.8) is 0 Å². The van der Waals surface area contributed by atoms with Crippen molar-refractivity contribution in [1.29, 1.82) is 0 Å². The van der Waals surface area contributed by atoms with Crippen LogP contribution in [0.3, 0.4) is 0 Å². The van der Waals surface area contributed by atoms with Crippen LogP contribution >= 0.6 is 11.3 Å². The molecule has 214 valence electrons. The van der Waals surface area contributed by atoms with Crippen LogP contribution in [0.1, 0.15) is 37.7 Å². The SMILES string of the molecule is COc1cc(Nc2nc(N)c(-c3nc(-c4cc(NC(=O)CC5=CCCCC5)ccc4C)no3)s2)cc(OC)c1OC. The number of nitrogens with two attached hydrogens (primary N) is 1. The first-order chi connectivity index (χ1) is 19.9. The number of methoxy groups -OCH3 is 3. The second-order valence-electron chi connectivity index (χ2n) is 9.56. The summed E-state index contributed by atoms with van der Waals surface area (Å²) in [5.41, 5.74) is 10.4. The van der Waals surface area contributed by atoms with Crippen LogP contribution < -0.4 is 30.6 Å². The zero-order valence-corrected chi connectivity index (χ0v) is 24.2. The van der Waals surface area contributed by atoms with Crippen LogP contribution in [0.25, 0.3) is 22.2 Å². The molecule has 4 aromatic rings. The van der Waals surface area contributed by atoms with Crippen molar-refractivity contribution in [3.05, 3.63) is 47.5 Å². The summed E-state index contributed by atoms with van der Waals surface area (Å²) in [7, 11) is 4.65. The molecule has 2 aromatic heterocycles. The highest BCUT2D eigenvalue weighted by atomic mass is 32.1. The first-order valence-electron chi connectivity index (χ1n) is 13.1. The molecule has 0 aliphatic heterocycles. The maximum Gasteiger partial charge on any atom is 0.272 e. The Morgan fingerprint density at radius 3 is 2.51 bits per heavy atom. The molecule has 0 saturated heterocycles. The minimum atomic E-state index is -0.0358. The molecule has 2 heterocycles. The number of hydrogen-bond donors (Lipinski definition) is 3. The highest BCUT2D eigenvalue weighted by Gasteiger charge is 2.21. The average molecular weight is 577 g/mol. The molecule has 41 heavy (non-hydrogen) atoms. The van der Waals surface area contributed by atoms with Crippen LogP contribution in [0.15, 0.2) is 46.5 Å². The number of carbonyl (C=O) groups is 1. The summed E-state index contributed by atoms with van der Waals surface area (Å²) in [5.74, 6) is 2.32. The summed E-state index contributed by atoms with van der Waals surface area (Å²) < 4.78 is 21.8. The first-order valence-corrected chi connectivity index (χ1v) is 14.0. The van der Waals surface area contributed by atoms with Crippen LogP contribution in [0.2, 0.25) is 0 Å². The number of hydrogen-bond acceptors (Lipinski definition) is 11. The Morgan fingerprint density at radius 2 is 1.83 bits per heavy atom. The van der Waals surface area contributed by atoms with Gasteiger partial charge in [-0.2, -0.15) is 4.98 Å². The number of amides is 1. The topological polar surface area (TPSA) is 147 Å². The van der Waals surface area contributed by atoms with Gasteiger partial charge in [-0.15, -0.1) is 0 Å². The fourth-order valence-electron chi connectivity index (χ4n) is 4.66. The third kappa shape index (κ3) is 6.27. The van der Waals surface area contributed by atoms with Crippen LogP contribution in [0, 0.1) is 6.92 Å². The van der Waals surface area contributed by atoms with Crippen LogP contribution in [0.4, 0.5) is 22.3 Å². The summed E-state index contributed by atoms with van der Waals surface area (Å²) in [6.45, 7) is 1.95. The van der Waals surface area contributed by atoms with Gasteiger partial charge >= 0.3 is 0 Å². The summed E-state index contributed by atoms with van der Waals surface area (Å²) >= 11 is 1.27. The van der Waals surface area contributed by atoms with Crippen LogP contribution in [0.5, 0.6) is 17.2 Å². The molecule has 12 heteroatoms. The van der Waals surface area contributed by atoms with Gasteiger partial charge in [0.25, 0.3) is 5.89 Å². The molecule has 0 radical (unpaired) electrons. The number of anilines is 4.